The summed E-state index contributed by atoms with van der Waals surface area (Å²) in [7, 11) is 0. The first-order valence-electron chi connectivity index (χ1n) is 8.07. The van der Waals surface area contributed by atoms with Crippen LogP contribution in [0.5, 0.6) is 0 Å². The van der Waals surface area contributed by atoms with Crippen LogP contribution in [-0.2, 0) is 13.1 Å². The Balaban J connectivity index is 1.82. The van der Waals surface area contributed by atoms with Crippen LogP contribution in [0.1, 0.15) is 57.2 Å². The minimum absolute atomic E-state index is 0.571. The Hall–Kier alpha value is -0.450. The van der Waals surface area contributed by atoms with Crippen molar-refractivity contribution in [3.05, 3.63) is 16.1 Å². The lowest BCUT2D eigenvalue weighted by Gasteiger charge is -2.26. The summed E-state index contributed by atoms with van der Waals surface area (Å²) in [6.07, 6.45) is 5.16. The second-order valence-corrected chi connectivity index (χ2v) is 7.02. The largest absolute Gasteiger partial charge is 0.310 e. The molecule has 0 amide bonds. The minimum atomic E-state index is 0.571. The molecule has 1 N–H and O–H groups in total. The summed E-state index contributed by atoms with van der Waals surface area (Å²) in [4.78, 5) is 7.35. The smallest absolute Gasteiger partial charge is 0.107 e. The Kier molecular flexibility index (Phi) is 6.00. The molecule has 0 spiro atoms. The molecule has 0 saturated carbocycles. The van der Waals surface area contributed by atoms with Crippen molar-refractivity contribution in [1.29, 1.82) is 0 Å². The van der Waals surface area contributed by atoms with Gasteiger partial charge in [0.25, 0.3) is 0 Å². The van der Waals surface area contributed by atoms with Crippen LogP contribution in [0.4, 0.5) is 0 Å². The van der Waals surface area contributed by atoms with Gasteiger partial charge in [-0.25, -0.2) is 4.98 Å². The van der Waals surface area contributed by atoms with Gasteiger partial charge in [-0.2, -0.15) is 0 Å². The van der Waals surface area contributed by atoms with Gasteiger partial charge in [0.2, 0.25) is 0 Å². The molecule has 3 nitrogen and oxygen atoms in total. The van der Waals surface area contributed by atoms with Crippen molar-refractivity contribution < 1.29 is 0 Å². The molecule has 1 aromatic rings. The average molecular weight is 295 g/mol. The zero-order valence-corrected chi connectivity index (χ0v) is 14.1. The highest BCUT2D eigenvalue weighted by molar-refractivity contribution is 7.09. The first kappa shape index (κ1) is 15.9. The Morgan fingerprint density at radius 1 is 1.35 bits per heavy atom. The van der Waals surface area contributed by atoms with Crippen molar-refractivity contribution in [2.24, 2.45) is 5.41 Å². The van der Waals surface area contributed by atoms with Crippen LogP contribution >= 0.6 is 11.3 Å². The number of hydrogen-bond acceptors (Lipinski definition) is 4. The summed E-state index contributed by atoms with van der Waals surface area (Å²) in [5.74, 6) is 0. The fourth-order valence-electron chi connectivity index (χ4n) is 3.09. The molecule has 0 atom stereocenters. The van der Waals surface area contributed by atoms with E-state index in [1.165, 1.54) is 49.5 Å². The second kappa shape index (κ2) is 7.53. The summed E-state index contributed by atoms with van der Waals surface area (Å²) in [5.41, 5.74) is 1.83. The molecule has 1 aromatic heterocycles. The third-order valence-corrected chi connectivity index (χ3v) is 5.60. The average Bonchev–Trinajstić information content (AvgIpc) is 3.07. The van der Waals surface area contributed by atoms with Gasteiger partial charge in [0.05, 0.1) is 5.69 Å². The molecule has 1 saturated heterocycles. The van der Waals surface area contributed by atoms with Crippen molar-refractivity contribution >= 4 is 11.3 Å². The van der Waals surface area contributed by atoms with Crippen LogP contribution in [0.3, 0.4) is 0 Å². The summed E-state index contributed by atoms with van der Waals surface area (Å²) in [5, 5.41) is 6.89. The maximum atomic E-state index is 4.76. The highest BCUT2D eigenvalue weighted by atomic mass is 32.1. The van der Waals surface area contributed by atoms with Crippen LogP contribution in [-0.4, -0.2) is 29.5 Å². The highest BCUT2D eigenvalue weighted by Crippen LogP contribution is 2.37. The molecule has 1 aliphatic heterocycles. The van der Waals surface area contributed by atoms with E-state index in [9.17, 15) is 0 Å². The van der Waals surface area contributed by atoms with Gasteiger partial charge in [-0.15, -0.1) is 11.3 Å². The standard InChI is InChI=1S/C16H29N3S/c1-4-8-17-10-15-18-14(12-20-15)11-19-9-7-16(5-2,6-3)13-19/h12,17H,4-11,13H2,1-3H3. The van der Waals surface area contributed by atoms with E-state index in [0.29, 0.717) is 5.41 Å². The van der Waals surface area contributed by atoms with Crippen LogP contribution in [0.15, 0.2) is 5.38 Å². The zero-order chi connectivity index (χ0) is 14.4. The normalized spacial score (nSPS) is 18.8. The molecule has 20 heavy (non-hydrogen) atoms. The molecule has 0 radical (unpaired) electrons. The molecule has 4 heteroatoms. The monoisotopic (exact) mass is 295 g/mol. The van der Waals surface area contributed by atoms with Gasteiger partial charge in [-0.3, -0.25) is 4.90 Å². The first-order chi connectivity index (χ1) is 9.71. The van der Waals surface area contributed by atoms with E-state index in [1.807, 2.05) is 0 Å². The molecule has 1 aliphatic rings. The molecule has 0 aromatic carbocycles. The molecule has 0 bridgehead atoms. The lowest BCUT2D eigenvalue weighted by atomic mass is 9.82. The van der Waals surface area contributed by atoms with Crippen molar-refractivity contribution in [3.8, 4) is 0 Å². The van der Waals surface area contributed by atoms with Crippen molar-refractivity contribution in [3.63, 3.8) is 0 Å². The third kappa shape index (κ3) is 4.03. The summed E-state index contributed by atoms with van der Waals surface area (Å²) in [6.45, 7) is 12.4. The first-order valence-corrected chi connectivity index (χ1v) is 8.95. The lowest BCUT2D eigenvalue weighted by molar-refractivity contribution is 0.235. The number of rotatable bonds is 8. The maximum absolute atomic E-state index is 4.76. The number of nitrogens with one attached hydrogen (secondary N) is 1. The fraction of sp³-hybridized carbons (Fsp3) is 0.812. The molecule has 2 heterocycles. The Bertz CT molecular complexity index is 398. The maximum Gasteiger partial charge on any atom is 0.107 e. The predicted octanol–water partition coefficient (Wildman–Crippen LogP) is 3.65. The molecule has 2 rings (SSSR count). The molecule has 114 valence electrons. The third-order valence-electron chi connectivity index (χ3n) is 4.71. The van der Waals surface area contributed by atoms with E-state index in [-0.39, 0.29) is 0 Å². The molecular weight excluding hydrogens is 266 g/mol. The van der Waals surface area contributed by atoms with Gasteiger partial charge < -0.3 is 5.32 Å². The summed E-state index contributed by atoms with van der Waals surface area (Å²) >= 11 is 1.79. The van der Waals surface area contributed by atoms with Gasteiger partial charge in [0, 0.05) is 25.0 Å². The molecule has 1 fully saturated rings. The van der Waals surface area contributed by atoms with Gasteiger partial charge >= 0.3 is 0 Å². The van der Waals surface area contributed by atoms with Crippen LogP contribution in [0.2, 0.25) is 0 Å². The van der Waals surface area contributed by atoms with E-state index >= 15 is 0 Å². The summed E-state index contributed by atoms with van der Waals surface area (Å²) < 4.78 is 0. The highest BCUT2D eigenvalue weighted by Gasteiger charge is 2.34. The number of thiazole rings is 1. The van der Waals surface area contributed by atoms with Crippen molar-refractivity contribution in [2.75, 3.05) is 19.6 Å². The second-order valence-electron chi connectivity index (χ2n) is 6.08. The quantitative estimate of drug-likeness (QED) is 0.742. The van der Waals surface area contributed by atoms with Crippen molar-refractivity contribution in [2.45, 2.75) is 59.5 Å². The topological polar surface area (TPSA) is 28.2 Å². The van der Waals surface area contributed by atoms with Gasteiger partial charge in [0.15, 0.2) is 0 Å². The number of likely N-dealkylation sites (tertiary alicyclic amines) is 1. The lowest BCUT2D eigenvalue weighted by Crippen LogP contribution is -2.26. The summed E-state index contributed by atoms with van der Waals surface area (Å²) in [6, 6.07) is 0. The van der Waals surface area contributed by atoms with Crippen LogP contribution in [0.25, 0.3) is 0 Å². The minimum Gasteiger partial charge on any atom is -0.310 e. The van der Waals surface area contributed by atoms with E-state index in [1.54, 1.807) is 11.3 Å². The van der Waals surface area contributed by atoms with E-state index in [2.05, 4.69) is 36.4 Å². The van der Waals surface area contributed by atoms with Gasteiger partial charge in [-0.05, 0) is 44.2 Å². The number of nitrogens with zero attached hydrogens (tertiary/aromatic N) is 2. The van der Waals surface area contributed by atoms with Crippen LogP contribution in [0, 0.1) is 5.41 Å². The fourth-order valence-corrected chi connectivity index (χ4v) is 3.85. The molecule has 0 aliphatic carbocycles. The molecular formula is C16H29N3S. The zero-order valence-electron chi connectivity index (χ0n) is 13.2. The van der Waals surface area contributed by atoms with Crippen molar-refractivity contribution in [1.82, 2.24) is 15.2 Å². The van der Waals surface area contributed by atoms with E-state index in [0.717, 1.165) is 19.6 Å². The molecule has 0 unspecified atom stereocenters. The Morgan fingerprint density at radius 2 is 2.15 bits per heavy atom. The number of hydrogen-bond donors (Lipinski definition) is 1. The van der Waals surface area contributed by atoms with Crippen LogP contribution < -0.4 is 5.32 Å². The Morgan fingerprint density at radius 3 is 2.80 bits per heavy atom. The van der Waals surface area contributed by atoms with E-state index < -0.39 is 0 Å². The predicted molar refractivity (Wildman–Crippen MR) is 87.0 cm³/mol. The number of aromatic nitrogens is 1. The van der Waals surface area contributed by atoms with E-state index in [4.69, 9.17) is 4.98 Å². The Labute approximate surface area is 127 Å². The van der Waals surface area contributed by atoms with Gasteiger partial charge in [-0.1, -0.05) is 20.8 Å². The van der Waals surface area contributed by atoms with Gasteiger partial charge in [0.1, 0.15) is 5.01 Å². The SMILES string of the molecule is CCCNCc1nc(CN2CCC(CC)(CC)C2)cs1.